The number of hydrogen-bond donors (Lipinski definition) is 1. The molecule has 2 rings (SSSR count). The van der Waals surface area contributed by atoms with Crippen LogP contribution in [0, 0.1) is 0 Å². The number of nitrogens with one attached hydrogen (secondary N) is 1. The lowest BCUT2D eigenvalue weighted by Crippen LogP contribution is -2.43. The zero-order chi connectivity index (χ0) is 19.5. The van der Waals surface area contributed by atoms with Gasteiger partial charge in [0, 0.05) is 20.6 Å². The van der Waals surface area contributed by atoms with Crippen molar-refractivity contribution in [2.45, 2.75) is 23.8 Å². The summed E-state index contributed by atoms with van der Waals surface area (Å²) in [6.45, 7) is 0.428. The van der Waals surface area contributed by atoms with Crippen molar-refractivity contribution in [1.82, 2.24) is 9.21 Å². The minimum Gasteiger partial charge on any atom is -0.495 e. The van der Waals surface area contributed by atoms with Crippen molar-refractivity contribution < 1.29 is 27.5 Å². The summed E-state index contributed by atoms with van der Waals surface area (Å²) >= 11 is 0. The second-order valence-corrected chi connectivity index (χ2v) is 8.11. The number of anilines is 1. The molecule has 9 nitrogen and oxygen atoms in total. The Hall–Kier alpha value is -2.33. The number of methoxy groups -OCH3 is 2. The molecule has 1 atom stereocenters. The number of amides is 2. The summed E-state index contributed by atoms with van der Waals surface area (Å²) in [5.41, 5.74) is 0.220. The fraction of sp³-hybridized carbons (Fsp3) is 0.500. The van der Waals surface area contributed by atoms with Crippen molar-refractivity contribution in [2.24, 2.45) is 0 Å². The smallest absolute Gasteiger partial charge is 0.410 e. The Balaban J connectivity index is 2.30. The van der Waals surface area contributed by atoms with Gasteiger partial charge in [-0.15, -0.1) is 0 Å². The standard InChI is InChI=1S/C16H23N3O6S/c1-18(2)26(22,23)11-7-8-14(24-3)12(10-11)17-15(20)13-6-5-9-19(13)16(21)25-4/h7-8,10,13H,5-6,9H2,1-4H3,(H,17,20). The van der Waals surface area contributed by atoms with Gasteiger partial charge in [-0.1, -0.05) is 0 Å². The van der Waals surface area contributed by atoms with Gasteiger partial charge < -0.3 is 14.8 Å². The van der Waals surface area contributed by atoms with Gasteiger partial charge in [0.1, 0.15) is 11.8 Å². The van der Waals surface area contributed by atoms with Gasteiger partial charge in [0.05, 0.1) is 24.8 Å². The maximum atomic E-state index is 12.6. The van der Waals surface area contributed by atoms with E-state index in [0.717, 1.165) is 4.31 Å². The fourth-order valence-corrected chi connectivity index (χ4v) is 3.68. The highest BCUT2D eigenvalue weighted by atomic mass is 32.2. The first-order chi connectivity index (χ1) is 12.2. The Labute approximate surface area is 152 Å². The molecule has 0 bridgehead atoms. The molecule has 0 aromatic heterocycles. The lowest BCUT2D eigenvalue weighted by molar-refractivity contribution is -0.120. The number of rotatable bonds is 5. The third-order valence-corrected chi connectivity index (χ3v) is 5.98. The van der Waals surface area contributed by atoms with Gasteiger partial charge in [-0.05, 0) is 31.0 Å². The van der Waals surface area contributed by atoms with Crippen LogP contribution in [0.4, 0.5) is 10.5 Å². The second kappa shape index (κ2) is 7.92. The highest BCUT2D eigenvalue weighted by Gasteiger charge is 2.35. The molecule has 1 aromatic carbocycles. The van der Waals surface area contributed by atoms with Crippen LogP contribution in [0.2, 0.25) is 0 Å². The number of sulfonamides is 1. The molecule has 1 aliphatic rings. The molecule has 1 unspecified atom stereocenters. The van der Waals surface area contributed by atoms with Crippen LogP contribution in [0.5, 0.6) is 5.75 Å². The fourth-order valence-electron chi connectivity index (χ4n) is 2.75. The molecule has 2 amide bonds. The van der Waals surface area contributed by atoms with Gasteiger partial charge in [0.2, 0.25) is 15.9 Å². The molecule has 0 saturated carbocycles. The summed E-state index contributed by atoms with van der Waals surface area (Å²) < 4.78 is 35.6. The third kappa shape index (κ3) is 3.91. The number of benzene rings is 1. The van der Waals surface area contributed by atoms with Crippen molar-refractivity contribution in [3.8, 4) is 5.75 Å². The number of hydrogen-bond acceptors (Lipinski definition) is 6. The average Bonchev–Trinajstić information content (AvgIpc) is 3.10. The quantitative estimate of drug-likeness (QED) is 0.814. The van der Waals surface area contributed by atoms with Crippen LogP contribution in [-0.4, -0.2) is 70.5 Å². The van der Waals surface area contributed by atoms with Crippen LogP contribution >= 0.6 is 0 Å². The molecule has 1 N–H and O–H groups in total. The maximum Gasteiger partial charge on any atom is 0.410 e. The van der Waals surface area contributed by atoms with Gasteiger partial charge in [-0.2, -0.15) is 0 Å². The van der Waals surface area contributed by atoms with Crippen molar-refractivity contribution in [2.75, 3.05) is 40.2 Å². The molecular weight excluding hydrogens is 362 g/mol. The van der Waals surface area contributed by atoms with Crippen LogP contribution in [0.3, 0.4) is 0 Å². The molecule has 0 spiro atoms. The van der Waals surface area contributed by atoms with E-state index in [4.69, 9.17) is 9.47 Å². The highest BCUT2D eigenvalue weighted by molar-refractivity contribution is 7.89. The summed E-state index contributed by atoms with van der Waals surface area (Å²) in [4.78, 5) is 25.8. The third-order valence-electron chi connectivity index (χ3n) is 4.17. The van der Waals surface area contributed by atoms with E-state index < -0.39 is 28.1 Å². The minimum atomic E-state index is -3.67. The van der Waals surface area contributed by atoms with Crippen molar-refractivity contribution in [3.63, 3.8) is 0 Å². The minimum absolute atomic E-state index is 0.0230. The Morgan fingerprint density at radius 3 is 2.54 bits per heavy atom. The topological polar surface area (TPSA) is 105 Å². The van der Waals surface area contributed by atoms with Gasteiger partial charge in [-0.25, -0.2) is 17.5 Å². The van der Waals surface area contributed by atoms with E-state index in [1.807, 2.05) is 0 Å². The lowest BCUT2D eigenvalue weighted by Gasteiger charge is -2.23. The van der Waals surface area contributed by atoms with Crippen LogP contribution in [0.25, 0.3) is 0 Å². The summed E-state index contributed by atoms with van der Waals surface area (Å²) in [7, 11) is 1.85. The summed E-state index contributed by atoms with van der Waals surface area (Å²) in [5, 5.41) is 2.67. The largest absolute Gasteiger partial charge is 0.495 e. The molecule has 1 aliphatic heterocycles. The Bertz CT molecular complexity index is 793. The molecule has 0 radical (unpaired) electrons. The first kappa shape index (κ1) is 20.0. The zero-order valence-corrected chi connectivity index (χ0v) is 16.0. The number of nitrogens with zero attached hydrogens (tertiary/aromatic N) is 2. The van der Waals surface area contributed by atoms with Crippen LogP contribution < -0.4 is 10.1 Å². The van der Waals surface area contributed by atoms with Gasteiger partial charge >= 0.3 is 6.09 Å². The molecule has 0 aliphatic carbocycles. The Morgan fingerprint density at radius 1 is 1.27 bits per heavy atom. The number of likely N-dealkylation sites (tertiary alicyclic amines) is 1. The Morgan fingerprint density at radius 2 is 1.96 bits per heavy atom. The van der Waals surface area contributed by atoms with E-state index in [1.54, 1.807) is 0 Å². The predicted octanol–water partition coefficient (Wildman–Crippen LogP) is 1.11. The van der Waals surface area contributed by atoms with E-state index in [-0.39, 0.29) is 10.6 Å². The number of ether oxygens (including phenoxy) is 2. The predicted molar refractivity (Wildman–Crippen MR) is 94.6 cm³/mol. The number of carbonyl (C=O) groups excluding carboxylic acids is 2. The molecular formula is C16H23N3O6S. The Kier molecular flexibility index (Phi) is 6.09. The zero-order valence-electron chi connectivity index (χ0n) is 15.2. The lowest BCUT2D eigenvalue weighted by atomic mass is 10.2. The highest BCUT2D eigenvalue weighted by Crippen LogP contribution is 2.29. The normalized spacial score (nSPS) is 17.3. The van der Waals surface area contributed by atoms with Crippen molar-refractivity contribution in [1.29, 1.82) is 0 Å². The second-order valence-electron chi connectivity index (χ2n) is 5.96. The molecule has 1 saturated heterocycles. The van der Waals surface area contributed by atoms with Crippen molar-refractivity contribution >= 4 is 27.7 Å². The summed E-state index contributed by atoms with van der Waals surface area (Å²) in [5.74, 6) is -0.107. The van der Waals surface area contributed by atoms with E-state index in [2.05, 4.69) is 5.32 Å². The van der Waals surface area contributed by atoms with E-state index in [0.29, 0.717) is 25.1 Å². The maximum absolute atomic E-state index is 12.6. The molecule has 10 heteroatoms. The van der Waals surface area contributed by atoms with Crippen LogP contribution in [0.1, 0.15) is 12.8 Å². The summed E-state index contributed by atoms with van der Waals surface area (Å²) in [6, 6.07) is 3.53. The summed E-state index contributed by atoms with van der Waals surface area (Å²) in [6.07, 6.45) is 0.608. The van der Waals surface area contributed by atoms with Crippen LogP contribution in [-0.2, 0) is 19.6 Å². The first-order valence-electron chi connectivity index (χ1n) is 7.98. The number of carbonyl (C=O) groups is 2. The van der Waals surface area contributed by atoms with E-state index in [1.165, 1.54) is 51.4 Å². The van der Waals surface area contributed by atoms with E-state index >= 15 is 0 Å². The first-order valence-corrected chi connectivity index (χ1v) is 9.42. The van der Waals surface area contributed by atoms with Gasteiger partial charge in [0.15, 0.2) is 0 Å². The SMILES string of the molecule is COC(=O)N1CCCC1C(=O)Nc1cc(S(=O)(=O)N(C)C)ccc1OC. The van der Waals surface area contributed by atoms with Gasteiger partial charge in [0.25, 0.3) is 0 Å². The molecule has 1 heterocycles. The molecule has 26 heavy (non-hydrogen) atoms. The molecule has 144 valence electrons. The van der Waals surface area contributed by atoms with Crippen LogP contribution in [0.15, 0.2) is 23.1 Å². The van der Waals surface area contributed by atoms with Gasteiger partial charge in [-0.3, -0.25) is 9.69 Å². The molecule has 1 aromatic rings. The molecule has 1 fully saturated rings. The monoisotopic (exact) mass is 385 g/mol. The van der Waals surface area contributed by atoms with Crippen molar-refractivity contribution in [3.05, 3.63) is 18.2 Å². The average molecular weight is 385 g/mol. The van der Waals surface area contributed by atoms with E-state index in [9.17, 15) is 18.0 Å².